The predicted octanol–water partition coefficient (Wildman–Crippen LogP) is -1.98. The molecular weight excluding hydrogens is 255 g/mol. The summed E-state index contributed by atoms with van der Waals surface area (Å²) >= 11 is 0. The number of rotatable bonds is 2. The van der Waals surface area contributed by atoms with Gasteiger partial charge in [-0.3, -0.25) is 4.57 Å². The van der Waals surface area contributed by atoms with Gasteiger partial charge in [0.2, 0.25) is 0 Å². The first-order chi connectivity index (χ1) is 9.13. The second-order valence-electron chi connectivity index (χ2n) is 4.31. The average Bonchev–Trinajstić information content (AvgIpc) is 2.94. The normalized spacial score (nSPS) is 31.1. The van der Waals surface area contributed by atoms with Crippen molar-refractivity contribution in [3.63, 3.8) is 0 Å². The summed E-state index contributed by atoms with van der Waals surface area (Å²) in [6, 6.07) is 0. The van der Waals surface area contributed by atoms with Gasteiger partial charge in [-0.05, 0) is 0 Å². The van der Waals surface area contributed by atoms with Crippen LogP contribution in [0, 0.1) is 0 Å². The van der Waals surface area contributed by atoms with E-state index in [-0.39, 0.29) is 5.82 Å². The molecule has 0 spiro atoms. The van der Waals surface area contributed by atoms with Gasteiger partial charge in [-0.15, -0.1) is 0 Å². The molecule has 0 bridgehead atoms. The number of hydrogen-bond donors (Lipinski definition) is 4. The standard InChI is InChI=1S/C10H13N5O4/c11-8-5-9(13-2-12-8)15(3-14-5)10-7(18)6(17)4(1-16)19-10/h2-4,6-7,10,16-18H,1H2,(H2,11,12,13)/t4-,6-,7-,10-/m1/s1/i6+1. The van der Waals surface area contributed by atoms with Crippen LogP contribution < -0.4 is 5.73 Å². The van der Waals surface area contributed by atoms with E-state index in [2.05, 4.69) is 15.0 Å². The summed E-state index contributed by atoms with van der Waals surface area (Å²) < 4.78 is 6.85. The zero-order chi connectivity index (χ0) is 13.6. The summed E-state index contributed by atoms with van der Waals surface area (Å²) in [4.78, 5) is 11.9. The third kappa shape index (κ3) is 1.75. The number of imidazole rings is 1. The van der Waals surface area contributed by atoms with Gasteiger partial charge in [-0.25, -0.2) is 15.0 Å². The summed E-state index contributed by atoms with van der Waals surface area (Å²) in [6.45, 7) is -0.390. The average molecular weight is 268 g/mol. The fourth-order valence-electron chi connectivity index (χ4n) is 2.17. The third-order valence-corrected chi connectivity index (χ3v) is 3.18. The number of aromatic nitrogens is 4. The largest absolute Gasteiger partial charge is 0.394 e. The van der Waals surface area contributed by atoms with Crippen molar-refractivity contribution in [1.29, 1.82) is 0 Å². The molecule has 1 aliphatic rings. The molecule has 4 atom stereocenters. The van der Waals surface area contributed by atoms with Gasteiger partial charge in [-0.2, -0.15) is 0 Å². The van der Waals surface area contributed by atoms with Gasteiger partial charge in [0.05, 0.1) is 12.9 Å². The molecule has 3 heterocycles. The number of aliphatic hydroxyl groups is 3. The number of aliphatic hydroxyl groups excluding tert-OH is 3. The molecule has 1 saturated heterocycles. The number of fused-ring (bicyclic) bond motifs is 1. The van der Waals surface area contributed by atoms with Gasteiger partial charge in [0.15, 0.2) is 17.7 Å². The van der Waals surface area contributed by atoms with Crippen LogP contribution in [-0.4, -0.2) is 59.8 Å². The van der Waals surface area contributed by atoms with Crippen molar-refractivity contribution in [2.75, 3.05) is 12.3 Å². The summed E-state index contributed by atoms with van der Waals surface area (Å²) in [6.07, 6.45) is -1.42. The Kier molecular flexibility index (Phi) is 2.82. The lowest BCUT2D eigenvalue weighted by molar-refractivity contribution is -0.0511. The Morgan fingerprint density at radius 1 is 1.26 bits per heavy atom. The molecule has 0 aliphatic carbocycles. The maximum absolute atomic E-state index is 9.95. The topological polar surface area (TPSA) is 140 Å². The lowest BCUT2D eigenvalue weighted by atomic mass is 10.3. The molecule has 1 fully saturated rings. The Morgan fingerprint density at radius 3 is 2.74 bits per heavy atom. The van der Waals surface area contributed by atoms with Crippen LogP contribution in [0.5, 0.6) is 0 Å². The Hall–Kier alpha value is -1.81. The van der Waals surface area contributed by atoms with Crippen LogP contribution in [0.3, 0.4) is 0 Å². The zero-order valence-corrected chi connectivity index (χ0v) is 9.79. The third-order valence-electron chi connectivity index (χ3n) is 3.18. The molecule has 2 aromatic rings. The van der Waals surface area contributed by atoms with Gasteiger partial charge in [-0.1, -0.05) is 0 Å². The van der Waals surface area contributed by atoms with E-state index in [1.54, 1.807) is 0 Å². The SMILES string of the molecule is Nc1ncnc2c1ncn2[C@@H]1O[C@H](CO)[13C@@H](O)[C@H]1O. The number of hydrogen-bond acceptors (Lipinski definition) is 8. The molecule has 0 amide bonds. The van der Waals surface area contributed by atoms with Crippen molar-refractivity contribution in [2.24, 2.45) is 0 Å². The van der Waals surface area contributed by atoms with Gasteiger partial charge in [0.25, 0.3) is 0 Å². The second-order valence-corrected chi connectivity index (χ2v) is 4.31. The molecule has 9 heteroatoms. The number of nitrogen functional groups attached to an aromatic ring is 1. The predicted molar refractivity (Wildman–Crippen MR) is 62.7 cm³/mol. The van der Waals surface area contributed by atoms with Crippen LogP contribution in [0.4, 0.5) is 5.82 Å². The van der Waals surface area contributed by atoms with E-state index in [1.165, 1.54) is 17.2 Å². The first-order valence-electron chi connectivity index (χ1n) is 5.69. The van der Waals surface area contributed by atoms with E-state index in [0.29, 0.717) is 11.2 Å². The first-order valence-corrected chi connectivity index (χ1v) is 5.69. The molecule has 102 valence electrons. The van der Waals surface area contributed by atoms with Gasteiger partial charge < -0.3 is 25.8 Å². The molecule has 5 N–H and O–H groups in total. The maximum atomic E-state index is 9.95. The molecule has 0 radical (unpaired) electrons. The van der Waals surface area contributed by atoms with Crippen LogP contribution in [0.15, 0.2) is 12.7 Å². The number of ether oxygens (including phenoxy) is 1. The Labute approximate surface area is 107 Å². The number of nitrogens with two attached hydrogens (primary N) is 1. The molecule has 9 nitrogen and oxygen atoms in total. The van der Waals surface area contributed by atoms with Crippen LogP contribution in [-0.2, 0) is 4.74 Å². The second kappa shape index (κ2) is 4.38. The van der Waals surface area contributed by atoms with Crippen molar-refractivity contribution in [3.05, 3.63) is 12.7 Å². The lowest BCUT2D eigenvalue weighted by Gasteiger charge is -2.16. The Balaban J connectivity index is 2.04. The molecular formula is C10H13N5O4. The Morgan fingerprint density at radius 2 is 2.05 bits per heavy atom. The molecule has 0 unspecified atom stereocenters. The lowest BCUT2D eigenvalue weighted by Crippen LogP contribution is -2.33. The van der Waals surface area contributed by atoms with Gasteiger partial charge >= 0.3 is 0 Å². The molecule has 2 aromatic heterocycles. The van der Waals surface area contributed by atoms with Gasteiger partial charge in [0.1, 0.15) is 30.2 Å². The minimum absolute atomic E-state index is 0.218. The highest BCUT2D eigenvalue weighted by Gasteiger charge is 2.43. The van der Waals surface area contributed by atoms with E-state index in [0.717, 1.165) is 0 Å². The molecule has 19 heavy (non-hydrogen) atoms. The molecule has 0 aromatic carbocycles. The van der Waals surface area contributed by atoms with Gasteiger partial charge in [0, 0.05) is 0 Å². The van der Waals surface area contributed by atoms with Crippen molar-refractivity contribution < 1.29 is 20.1 Å². The van der Waals surface area contributed by atoms with Crippen LogP contribution in [0.1, 0.15) is 6.23 Å². The van der Waals surface area contributed by atoms with Crippen molar-refractivity contribution in [3.8, 4) is 0 Å². The highest BCUT2D eigenvalue weighted by molar-refractivity contribution is 5.81. The minimum Gasteiger partial charge on any atom is -0.394 e. The maximum Gasteiger partial charge on any atom is 0.167 e. The van der Waals surface area contributed by atoms with Crippen LogP contribution in [0.25, 0.3) is 11.2 Å². The van der Waals surface area contributed by atoms with E-state index in [9.17, 15) is 10.2 Å². The van der Waals surface area contributed by atoms with Crippen molar-refractivity contribution >= 4 is 17.0 Å². The monoisotopic (exact) mass is 268 g/mol. The summed E-state index contributed by atoms with van der Waals surface area (Å²) in [7, 11) is 0. The molecule has 1 aliphatic heterocycles. The summed E-state index contributed by atoms with van der Waals surface area (Å²) in [5, 5.41) is 28.7. The van der Waals surface area contributed by atoms with E-state index in [4.69, 9.17) is 15.6 Å². The smallest absolute Gasteiger partial charge is 0.167 e. The number of anilines is 1. The summed E-state index contributed by atoms with van der Waals surface area (Å²) in [5.74, 6) is 0.218. The van der Waals surface area contributed by atoms with Crippen molar-refractivity contribution in [1.82, 2.24) is 19.5 Å². The molecule has 3 rings (SSSR count). The number of nitrogens with zero attached hydrogens (tertiary/aromatic N) is 4. The van der Waals surface area contributed by atoms with Crippen LogP contribution >= 0.6 is 0 Å². The zero-order valence-electron chi connectivity index (χ0n) is 9.79. The minimum atomic E-state index is -1.19. The van der Waals surface area contributed by atoms with E-state index < -0.39 is 31.1 Å². The molecule has 0 saturated carbocycles. The van der Waals surface area contributed by atoms with E-state index >= 15 is 0 Å². The fraction of sp³-hybridized carbons (Fsp3) is 0.500. The van der Waals surface area contributed by atoms with E-state index in [1.807, 2.05) is 0 Å². The highest BCUT2D eigenvalue weighted by atomic mass is 16.6. The van der Waals surface area contributed by atoms with Crippen LogP contribution in [0.2, 0.25) is 0 Å². The first kappa shape index (κ1) is 12.2. The summed E-state index contributed by atoms with van der Waals surface area (Å²) in [5.41, 5.74) is 6.44. The van der Waals surface area contributed by atoms with Crippen molar-refractivity contribution in [2.45, 2.75) is 24.5 Å². The Bertz CT molecular complexity index is 603. The highest BCUT2D eigenvalue weighted by Crippen LogP contribution is 2.31. The quantitative estimate of drug-likeness (QED) is 0.459. The fourth-order valence-corrected chi connectivity index (χ4v) is 2.17.